The highest BCUT2D eigenvalue weighted by Gasteiger charge is 2.38. The molecule has 0 aromatic heterocycles. The van der Waals surface area contributed by atoms with Gasteiger partial charge in [-0.2, -0.15) is 0 Å². The van der Waals surface area contributed by atoms with Gasteiger partial charge in [0, 0.05) is 30.7 Å². The van der Waals surface area contributed by atoms with Crippen molar-refractivity contribution in [2.75, 3.05) is 33.4 Å². The number of hydrogen-bond acceptors (Lipinski definition) is 4. The van der Waals surface area contributed by atoms with Gasteiger partial charge in [-0.15, -0.1) is 12.4 Å². The van der Waals surface area contributed by atoms with Gasteiger partial charge in [-0.3, -0.25) is 4.79 Å². The zero-order chi connectivity index (χ0) is 17.0. The first-order valence-electron chi connectivity index (χ1n) is 8.89. The average molecular weight is 369 g/mol. The zero-order valence-corrected chi connectivity index (χ0v) is 15.9. The normalized spacial score (nSPS) is 22.1. The number of rotatable bonds is 5. The maximum Gasteiger partial charge on any atom is 0.237 e. The molecule has 0 bridgehead atoms. The predicted molar refractivity (Wildman–Crippen MR) is 101 cm³/mol. The molecular formula is C19H29ClN2O3. The number of carbonyl (C=O) groups excluding carboxylic acids is 1. The van der Waals surface area contributed by atoms with Crippen LogP contribution in [0.5, 0.6) is 5.75 Å². The minimum absolute atomic E-state index is 0. The minimum Gasteiger partial charge on any atom is -0.496 e. The molecule has 1 unspecified atom stereocenters. The molecule has 2 N–H and O–H groups in total. The average Bonchev–Trinajstić information content (AvgIpc) is 3.15. The van der Waals surface area contributed by atoms with E-state index in [0.717, 1.165) is 38.0 Å². The van der Waals surface area contributed by atoms with E-state index in [1.54, 1.807) is 7.11 Å². The van der Waals surface area contributed by atoms with Crippen LogP contribution in [0.1, 0.15) is 36.8 Å². The highest BCUT2D eigenvalue weighted by atomic mass is 35.5. The summed E-state index contributed by atoms with van der Waals surface area (Å²) in [7, 11) is 1.71. The number of carbonyl (C=O) groups is 1. The smallest absolute Gasteiger partial charge is 0.237 e. The number of nitrogens with one attached hydrogen (secondary N) is 2. The van der Waals surface area contributed by atoms with E-state index in [1.807, 2.05) is 6.07 Å². The van der Waals surface area contributed by atoms with Gasteiger partial charge in [0.25, 0.3) is 0 Å². The summed E-state index contributed by atoms with van der Waals surface area (Å²) in [5.41, 5.74) is 2.28. The monoisotopic (exact) mass is 368 g/mol. The van der Waals surface area contributed by atoms with Crippen LogP contribution in [-0.2, 0) is 14.9 Å². The van der Waals surface area contributed by atoms with Crippen molar-refractivity contribution in [3.05, 3.63) is 29.3 Å². The predicted octanol–water partition coefficient (Wildman–Crippen LogP) is 2.34. The van der Waals surface area contributed by atoms with Crippen molar-refractivity contribution in [1.29, 1.82) is 0 Å². The van der Waals surface area contributed by atoms with Crippen LogP contribution in [0, 0.1) is 6.92 Å². The van der Waals surface area contributed by atoms with E-state index in [9.17, 15) is 4.79 Å². The third-order valence-corrected chi connectivity index (χ3v) is 5.35. The highest BCUT2D eigenvalue weighted by molar-refractivity contribution is 5.85. The molecule has 0 radical (unpaired) electrons. The van der Waals surface area contributed by atoms with Gasteiger partial charge in [0.15, 0.2) is 0 Å². The number of aryl methyl sites for hydroxylation is 1. The summed E-state index contributed by atoms with van der Waals surface area (Å²) < 4.78 is 11.2. The third-order valence-electron chi connectivity index (χ3n) is 5.35. The molecule has 0 saturated carbocycles. The molecule has 2 aliphatic heterocycles. The standard InChI is InChI=1S/C19H28N2O3.ClH/c1-14-5-6-17(23-2)15(12-14)19(7-10-24-11-8-19)13-21-18(22)16-4-3-9-20-16;/h5-6,12,16,20H,3-4,7-11,13H2,1-2H3,(H,21,22);1H. The highest BCUT2D eigenvalue weighted by Crippen LogP contribution is 2.40. The second-order valence-corrected chi connectivity index (χ2v) is 6.96. The maximum atomic E-state index is 12.4. The molecule has 140 valence electrons. The van der Waals surface area contributed by atoms with Crippen LogP contribution < -0.4 is 15.4 Å². The number of methoxy groups -OCH3 is 1. The van der Waals surface area contributed by atoms with Gasteiger partial charge in [0.2, 0.25) is 5.91 Å². The van der Waals surface area contributed by atoms with Crippen LogP contribution in [0.4, 0.5) is 0 Å². The number of halogens is 1. The molecule has 0 spiro atoms. The van der Waals surface area contributed by atoms with Crippen molar-refractivity contribution in [1.82, 2.24) is 10.6 Å². The first-order chi connectivity index (χ1) is 11.6. The molecule has 3 rings (SSSR count). The maximum absolute atomic E-state index is 12.4. The Kier molecular flexibility index (Phi) is 7.11. The number of benzene rings is 1. The first-order valence-corrected chi connectivity index (χ1v) is 8.89. The van der Waals surface area contributed by atoms with E-state index in [0.29, 0.717) is 19.8 Å². The summed E-state index contributed by atoms with van der Waals surface area (Å²) in [6.45, 7) is 5.09. The summed E-state index contributed by atoms with van der Waals surface area (Å²) >= 11 is 0. The molecule has 1 amide bonds. The van der Waals surface area contributed by atoms with Crippen LogP contribution in [0.15, 0.2) is 18.2 Å². The van der Waals surface area contributed by atoms with E-state index in [2.05, 4.69) is 29.7 Å². The molecule has 2 saturated heterocycles. The molecular weight excluding hydrogens is 340 g/mol. The van der Waals surface area contributed by atoms with Gasteiger partial charge in [0.1, 0.15) is 5.75 Å². The Morgan fingerprint density at radius 1 is 1.40 bits per heavy atom. The van der Waals surface area contributed by atoms with Crippen molar-refractivity contribution in [3.63, 3.8) is 0 Å². The quantitative estimate of drug-likeness (QED) is 0.837. The van der Waals surface area contributed by atoms with Crippen molar-refractivity contribution in [3.8, 4) is 5.75 Å². The molecule has 0 aliphatic carbocycles. The first kappa shape index (κ1) is 20.0. The second-order valence-electron chi connectivity index (χ2n) is 6.96. The van der Waals surface area contributed by atoms with Crippen molar-refractivity contribution in [2.24, 2.45) is 0 Å². The van der Waals surface area contributed by atoms with Crippen molar-refractivity contribution < 1.29 is 14.3 Å². The van der Waals surface area contributed by atoms with Gasteiger partial charge in [-0.05, 0) is 45.2 Å². The van der Waals surface area contributed by atoms with E-state index in [4.69, 9.17) is 9.47 Å². The molecule has 2 fully saturated rings. The Bertz CT molecular complexity index is 582. The topological polar surface area (TPSA) is 59.6 Å². The fourth-order valence-corrected chi connectivity index (χ4v) is 3.83. The fraction of sp³-hybridized carbons (Fsp3) is 0.632. The van der Waals surface area contributed by atoms with Crippen molar-refractivity contribution >= 4 is 18.3 Å². The summed E-state index contributed by atoms with van der Waals surface area (Å²) in [4.78, 5) is 12.4. The van der Waals surface area contributed by atoms with E-state index < -0.39 is 0 Å². The van der Waals surface area contributed by atoms with Gasteiger partial charge in [0.05, 0.1) is 13.2 Å². The largest absolute Gasteiger partial charge is 0.496 e. The van der Waals surface area contributed by atoms with Crippen LogP contribution in [0.3, 0.4) is 0 Å². The second kappa shape index (κ2) is 8.88. The van der Waals surface area contributed by atoms with Crippen molar-refractivity contribution in [2.45, 2.75) is 44.1 Å². The van der Waals surface area contributed by atoms with E-state index >= 15 is 0 Å². The Hall–Kier alpha value is -1.30. The van der Waals surface area contributed by atoms with E-state index in [-0.39, 0.29) is 29.8 Å². The molecule has 1 aromatic carbocycles. The van der Waals surface area contributed by atoms with Crippen LogP contribution in [-0.4, -0.2) is 45.4 Å². The van der Waals surface area contributed by atoms with Crippen LogP contribution in [0.2, 0.25) is 0 Å². The molecule has 1 atom stereocenters. The Labute approximate surface area is 156 Å². The molecule has 2 heterocycles. The lowest BCUT2D eigenvalue weighted by Gasteiger charge is -2.39. The number of ether oxygens (including phenoxy) is 2. The Morgan fingerprint density at radius 2 is 2.16 bits per heavy atom. The molecule has 2 aliphatic rings. The Balaban J connectivity index is 0.00000225. The van der Waals surface area contributed by atoms with Gasteiger partial charge >= 0.3 is 0 Å². The van der Waals surface area contributed by atoms with Crippen LogP contribution in [0.25, 0.3) is 0 Å². The summed E-state index contributed by atoms with van der Waals surface area (Å²) in [6.07, 6.45) is 3.79. The molecule has 1 aromatic rings. The van der Waals surface area contributed by atoms with E-state index in [1.165, 1.54) is 11.1 Å². The SMILES string of the molecule is COc1ccc(C)cc1C1(CNC(=O)C2CCCN2)CCOCC1.Cl. The minimum atomic E-state index is -0.121. The molecule has 6 heteroatoms. The lowest BCUT2D eigenvalue weighted by atomic mass is 9.73. The summed E-state index contributed by atoms with van der Waals surface area (Å²) in [5, 5.41) is 6.46. The zero-order valence-electron chi connectivity index (χ0n) is 15.1. The molecule has 25 heavy (non-hydrogen) atoms. The lowest BCUT2D eigenvalue weighted by molar-refractivity contribution is -0.123. The van der Waals surface area contributed by atoms with Gasteiger partial charge in [-0.25, -0.2) is 0 Å². The summed E-state index contributed by atoms with van der Waals surface area (Å²) in [6, 6.07) is 6.25. The Morgan fingerprint density at radius 3 is 2.80 bits per heavy atom. The molecule has 5 nitrogen and oxygen atoms in total. The summed E-state index contributed by atoms with van der Waals surface area (Å²) in [5.74, 6) is 1.01. The third kappa shape index (κ3) is 4.46. The van der Waals surface area contributed by atoms with Gasteiger partial charge in [-0.1, -0.05) is 17.7 Å². The fourth-order valence-electron chi connectivity index (χ4n) is 3.83. The number of amides is 1. The van der Waals surface area contributed by atoms with Gasteiger partial charge < -0.3 is 20.1 Å². The number of hydrogen-bond donors (Lipinski definition) is 2. The van der Waals surface area contributed by atoms with Crippen LogP contribution >= 0.6 is 12.4 Å². The lowest BCUT2D eigenvalue weighted by Crippen LogP contribution is -2.49.